The number of carbonyl (C=O) groups is 2. The summed E-state index contributed by atoms with van der Waals surface area (Å²) in [7, 11) is 1.64. The first-order valence-electron chi connectivity index (χ1n) is 12.5. The number of hydrogen-bond donors (Lipinski definition) is 0. The molecule has 8 nitrogen and oxygen atoms in total. The first-order valence-corrected chi connectivity index (χ1v) is 12.5. The van der Waals surface area contributed by atoms with E-state index in [0.717, 1.165) is 32.1 Å². The minimum Gasteiger partial charge on any atom is -0.462 e. The van der Waals surface area contributed by atoms with E-state index >= 15 is 0 Å². The van der Waals surface area contributed by atoms with Crippen LogP contribution in [0.15, 0.2) is 24.3 Å². The Balaban J connectivity index is 1.38. The number of benzene rings is 1. The van der Waals surface area contributed by atoms with Crippen molar-refractivity contribution >= 4 is 11.9 Å². The number of carbonyl (C=O) groups excluding carboxylic acids is 2. The molecule has 0 unspecified atom stereocenters. The summed E-state index contributed by atoms with van der Waals surface area (Å²) in [6, 6.07) is 6.65. The van der Waals surface area contributed by atoms with Gasteiger partial charge in [0.15, 0.2) is 11.9 Å². The Bertz CT molecular complexity index is 870. The summed E-state index contributed by atoms with van der Waals surface area (Å²) in [5.41, 5.74) is 0.298. The molecule has 1 amide bonds. The molecule has 4 fully saturated rings. The Labute approximate surface area is 201 Å². The number of rotatable bonds is 8. The number of methoxy groups -OCH3 is 1. The quantitative estimate of drug-likeness (QED) is 0.409. The SMILES string of the molecule is CCN(CC)C(=O)c1ccc(C(=O)OCC[C@@H]2CCC[C@@H]3CC[C@]4(C)OO[C@]32[C@@H](OC)O4)cc1. The first-order chi connectivity index (χ1) is 16.4. The molecule has 3 aliphatic heterocycles. The van der Waals surface area contributed by atoms with Gasteiger partial charge in [-0.3, -0.25) is 4.79 Å². The monoisotopic (exact) mass is 475 g/mol. The van der Waals surface area contributed by atoms with Crippen LogP contribution in [-0.4, -0.2) is 61.3 Å². The van der Waals surface area contributed by atoms with E-state index in [4.69, 9.17) is 24.0 Å². The molecule has 0 aromatic heterocycles. The van der Waals surface area contributed by atoms with Gasteiger partial charge in [0, 0.05) is 32.2 Å². The van der Waals surface area contributed by atoms with E-state index in [9.17, 15) is 9.59 Å². The van der Waals surface area contributed by atoms with Gasteiger partial charge in [-0.15, -0.1) is 0 Å². The molecule has 1 aliphatic carbocycles. The summed E-state index contributed by atoms with van der Waals surface area (Å²) >= 11 is 0. The minimum absolute atomic E-state index is 0.0415. The maximum atomic E-state index is 12.6. The molecule has 1 spiro atoms. The van der Waals surface area contributed by atoms with E-state index in [1.807, 2.05) is 20.8 Å². The Hall–Kier alpha value is -2.00. The summed E-state index contributed by atoms with van der Waals surface area (Å²) in [5, 5.41) is 0. The van der Waals surface area contributed by atoms with E-state index in [-0.39, 0.29) is 24.3 Å². The van der Waals surface area contributed by atoms with Gasteiger partial charge >= 0.3 is 5.97 Å². The fraction of sp³-hybridized carbons (Fsp3) is 0.692. The van der Waals surface area contributed by atoms with Crippen molar-refractivity contribution in [3.05, 3.63) is 35.4 Å². The van der Waals surface area contributed by atoms with Gasteiger partial charge in [0.25, 0.3) is 5.91 Å². The van der Waals surface area contributed by atoms with E-state index < -0.39 is 23.6 Å². The van der Waals surface area contributed by atoms with Crippen molar-refractivity contribution in [1.82, 2.24) is 4.90 Å². The van der Waals surface area contributed by atoms with E-state index in [1.54, 1.807) is 36.3 Å². The molecule has 1 saturated carbocycles. The molecule has 5 atom stereocenters. The molecule has 188 valence electrons. The highest BCUT2D eigenvalue weighted by atomic mass is 17.3. The van der Waals surface area contributed by atoms with Crippen LogP contribution in [0.1, 0.15) is 80.0 Å². The molecule has 1 aromatic rings. The van der Waals surface area contributed by atoms with Crippen molar-refractivity contribution < 1.29 is 33.6 Å². The first kappa shape index (κ1) is 25.1. The van der Waals surface area contributed by atoms with Gasteiger partial charge < -0.3 is 19.1 Å². The lowest BCUT2D eigenvalue weighted by atomic mass is 9.65. The lowest BCUT2D eigenvalue weighted by Gasteiger charge is -2.53. The van der Waals surface area contributed by atoms with Gasteiger partial charge in [0.1, 0.15) is 0 Å². The summed E-state index contributed by atoms with van der Waals surface area (Å²) in [6.07, 6.45) is 4.87. The molecular weight excluding hydrogens is 438 g/mol. The van der Waals surface area contributed by atoms with Gasteiger partial charge in [-0.1, -0.05) is 6.42 Å². The standard InChI is InChI=1S/C26H37NO7/c1-5-27(6-2)22(28)18-10-12-19(13-11-18)23(29)31-17-15-21-9-7-8-20-14-16-25(3)32-24(30-4)26(20,21)34-33-25/h10-13,20-21,24H,5-9,14-17H2,1-4H3/t20-,21+,24+,25+,26-/m1/s1. The van der Waals surface area contributed by atoms with Crippen molar-refractivity contribution in [2.75, 3.05) is 26.8 Å². The van der Waals surface area contributed by atoms with Crippen molar-refractivity contribution in [3.8, 4) is 0 Å². The van der Waals surface area contributed by atoms with Crippen molar-refractivity contribution in [1.29, 1.82) is 0 Å². The summed E-state index contributed by atoms with van der Waals surface area (Å²) in [6.45, 7) is 7.33. The van der Waals surface area contributed by atoms with Crippen LogP contribution in [0.2, 0.25) is 0 Å². The van der Waals surface area contributed by atoms with Crippen LogP contribution in [0, 0.1) is 11.8 Å². The zero-order valence-corrected chi connectivity index (χ0v) is 20.7. The van der Waals surface area contributed by atoms with Crippen LogP contribution in [0.3, 0.4) is 0 Å². The number of esters is 1. The van der Waals surface area contributed by atoms with Crippen molar-refractivity contribution in [3.63, 3.8) is 0 Å². The largest absolute Gasteiger partial charge is 0.462 e. The highest BCUT2D eigenvalue weighted by Gasteiger charge is 2.63. The third-order valence-electron chi connectivity index (χ3n) is 7.75. The van der Waals surface area contributed by atoms with E-state index in [2.05, 4.69) is 0 Å². The van der Waals surface area contributed by atoms with Crippen LogP contribution in [-0.2, 0) is 24.0 Å². The van der Waals surface area contributed by atoms with E-state index in [1.165, 1.54) is 0 Å². The van der Waals surface area contributed by atoms with Crippen LogP contribution < -0.4 is 0 Å². The third-order valence-corrected chi connectivity index (χ3v) is 7.75. The molecule has 5 rings (SSSR count). The zero-order valence-electron chi connectivity index (χ0n) is 20.7. The van der Waals surface area contributed by atoms with Gasteiger partial charge in [-0.05, 0) is 82.6 Å². The topological polar surface area (TPSA) is 83.5 Å². The maximum Gasteiger partial charge on any atom is 0.338 e. The zero-order chi connectivity index (χ0) is 24.3. The van der Waals surface area contributed by atoms with Gasteiger partial charge in [-0.25, -0.2) is 14.6 Å². The fourth-order valence-corrected chi connectivity index (χ4v) is 5.78. The number of hydrogen-bond acceptors (Lipinski definition) is 7. The van der Waals surface area contributed by atoms with Crippen LogP contribution in [0.25, 0.3) is 0 Å². The van der Waals surface area contributed by atoms with Gasteiger partial charge in [0.2, 0.25) is 5.79 Å². The average molecular weight is 476 g/mol. The second kappa shape index (κ2) is 10.3. The van der Waals surface area contributed by atoms with Gasteiger partial charge in [-0.2, -0.15) is 0 Å². The van der Waals surface area contributed by atoms with Crippen molar-refractivity contribution in [2.45, 2.75) is 77.0 Å². The van der Waals surface area contributed by atoms with Gasteiger partial charge in [0.05, 0.1) is 12.2 Å². The number of amides is 1. The Morgan fingerprint density at radius 1 is 1.06 bits per heavy atom. The normalized spacial score (nSPS) is 32.5. The fourth-order valence-electron chi connectivity index (χ4n) is 5.78. The Morgan fingerprint density at radius 3 is 2.44 bits per heavy atom. The molecule has 0 N–H and O–H groups in total. The lowest BCUT2D eigenvalue weighted by molar-refractivity contribution is -0.554. The number of nitrogens with zero attached hydrogens (tertiary/aromatic N) is 1. The predicted molar refractivity (Wildman–Crippen MR) is 124 cm³/mol. The second-order valence-electron chi connectivity index (χ2n) is 9.68. The highest BCUT2D eigenvalue weighted by Crippen LogP contribution is 2.55. The molecule has 4 aliphatic rings. The molecule has 1 aromatic carbocycles. The minimum atomic E-state index is -0.793. The molecule has 2 bridgehead atoms. The van der Waals surface area contributed by atoms with Crippen LogP contribution in [0.5, 0.6) is 0 Å². The van der Waals surface area contributed by atoms with E-state index in [0.29, 0.717) is 30.6 Å². The highest BCUT2D eigenvalue weighted by molar-refractivity contribution is 5.96. The predicted octanol–water partition coefficient (Wildman–Crippen LogP) is 4.33. The lowest BCUT2D eigenvalue weighted by Crippen LogP contribution is -2.63. The van der Waals surface area contributed by atoms with Crippen LogP contribution >= 0.6 is 0 Å². The Morgan fingerprint density at radius 2 is 1.76 bits per heavy atom. The number of ether oxygens (including phenoxy) is 3. The van der Waals surface area contributed by atoms with Crippen LogP contribution in [0.4, 0.5) is 0 Å². The third kappa shape index (κ3) is 4.61. The van der Waals surface area contributed by atoms with Crippen molar-refractivity contribution in [2.24, 2.45) is 11.8 Å². The molecule has 8 heteroatoms. The molecule has 3 heterocycles. The molecular formula is C26H37NO7. The molecule has 0 radical (unpaired) electrons. The summed E-state index contributed by atoms with van der Waals surface area (Å²) < 4.78 is 17.6. The molecule has 3 saturated heterocycles. The maximum absolute atomic E-state index is 12.6. The average Bonchev–Trinajstić information content (AvgIpc) is 3.09. The molecule has 34 heavy (non-hydrogen) atoms. The summed E-state index contributed by atoms with van der Waals surface area (Å²) in [4.78, 5) is 38.7. The second-order valence-corrected chi connectivity index (χ2v) is 9.68. The number of fused-ring (bicyclic) bond motifs is 3. The smallest absolute Gasteiger partial charge is 0.338 e. The Kier molecular flexibility index (Phi) is 7.62. The summed E-state index contributed by atoms with van der Waals surface area (Å²) in [5.74, 6) is -0.882.